The van der Waals surface area contributed by atoms with Gasteiger partial charge in [-0.3, -0.25) is 0 Å². The van der Waals surface area contributed by atoms with E-state index in [2.05, 4.69) is 17.4 Å². The monoisotopic (exact) mass is 381 g/mol. The van der Waals surface area contributed by atoms with Crippen molar-refractivity contribution in [2.75, 3.05) is 6.61 Å². The molecule has 1 atom stereocenters. The van der Waals surface area contributed by atoms with E-state index in [9.17, 15) is 14.7 Å². The van der Waals surface area contributed by atoms with Crippen LogP contribution in [0.5, 0.6) is 0 Å². The number of ether oxygens (including phenoxy) is 1. The summed E-state index contributed by atoms with van der Waals surface area (Å²) in [5.41, 5.74) is 2.88. The number of carboxylic acids is 1. The number of benzene rings is 2. The van der Waals surface area contributed by atoms with E-state index in [0.29, 0.717) is 6.42 Å². The lowest BCUT2D eigenvalue weighted by molar-refractivity contribution is -0.145. The van der Waals surface area contributed by atoms with E-state index in [1.165, 1.54) is 6.92 Å². The van der Waals surface area contributed by atoms with E-state index in [0.717, 1.165) is 22.3 Å². The van der Waals surface area contributed by atoms with Crippen LogP contribution in [0.3, 0.4) is 0 Å². The van der Waals surface area contributed by atoms with Crippen molar-refractivity contribution in [1.82, 2.24) is 5.32 Å². The Labute approximate surface area is 165 Å². The summed E-state index contributed by atoms with van der Waals surface area (Å²) in [5, 5.41) is 12.2. The predicted molar refractivity (Wildman–Crippen MR) is 108 cm³/mol. The molecule has 0 bridgehead atoms. The van der Waals surface area contributed by atoms with Gasteiger partial charge in [0, 0.05) is 5.92 Å². The third kappa shape index (κ3) is 4.03. The summed E-state index contributed by atoms with van der Waals surface area (Å²) >= 11 is 0. The molecule has 0 aromatic heterocycles. The zero-order valence-corrected chi connectivity index (χ0v) is 16.8. The van der Waals surface area contributed by atoms with Gasteiger partial charge in [0.1, 0.15) is 12.1 Å². The molecule has 0 fully saturated rings. The summed E-state index contributed by atoms with van der Waals surface area (Å²) in [5.74, 6) is -1.13. The maximum Gasteiger partial charge on any atom is 0.408 e. The number of amides is 1. The molecule has 0 saturated heterocycles. The molecule has 5 nitrogen and oxygen atoms in total. The Balaban J connectivity index is 1.74. The lowest BCUT2D eigenvalue weighted by atomic mass is 9.81. The SMILES string of the molecule is CC(C)(C)C[C@](C)(NC(=O)OCC1c2ccccc2-c2ccccc21)C(=O)O. The second-order valence-corrected chi connectivity index (χ2v) is 8.83. The van der Waals surface area contributed by atoms with Crippen molar-refractivity contribution in [3.05, 3.63) is 59.7 Å². The highest BCUT2D eigenvalue weighted by Crippen LogP contribution is 2.44. The van der Waals surface area contributed by atoms with Crippen molar-refractivity contribution in [3.63, 3.8) is 0 Å². The lowest BCUT2D eigenvalue weighted by Crippen LogP contribution is -2.54. The molecule has 5 heteroatoms. The van der Waals surface area contributed by atoms with Gasteiger partial charge in [-0.25, -0.2) is 9.59 Å². The average Bonchev–Trinajstić information content (AvgIpc) is 2.92. The van der Waals surface area contributed by atoms with Crippen LogP contribution in [0.2, 0.25) is 0 Å². The molecule has 0 unspecified atom stereocenters. The van der Waals surface area contributed by atoms with Crippen LogP contribution in [-0.4, -0.2) is 29.3 Å². The minimum atomic E-state index is -1.39. The summed E-state index contributed by atoms with van der Waals surface area (Å²) in [6.07, 6.45) is -0.421. The molecule has 2 aromatic carbocycles. The number of fused-ring (bicyclic) bond motifs is 3. The van der Waals surface area contributed by atoms with Crippen molar-refractivity contribution >= 4 is 12.1 Å². The number of carbonyl (C=O) groups excluding carboxylic acids is 1. The molecule has 0 spiro atoms. The molecule has 1 aliphatic rings. The number of nitrogens with one attached hydrogen (secondary N) is 1. The highest BCUT2D eigenvalue weighted by Gasteiger charge is 2.39. The molecule has 28 heavy (non-hydrogen) atoms. The molecule has 0 aliphatic heterocycles. The number of rotatable bonds is 5. The van der Waals surface area contributed by atoms with Crippen molar-refractivity contribution in [3.8, 4) is 11.1 Å². The number of carboxylic acid groups (broad SMARTS) is 1. The van der Waals surface area contributed by atoms with Gasteiger partial charge < -0.3 is 15.2 Å². The molecule has 2 N–H and O–H groups in total. The van der Waals surface area contributed by atoms with E-state index in [1.54, 1.807) is 0 Å². The number of hydrogen-bond donors (Lipinski definition) is 2. The fourth-order valence-corrected chi connectivity index (χ4v) is 4.09. The minimum absolute atomic E-state index is 0.0585. The van der Waals surface area contributed by atoms with Gasteiger partial charge >= 0.3 is 12.1 Å². The van der Waals surface area contributed by atoms with Crippen molar-refractivity contribution < 1.29 is 19.4 Å². The Hall–Kier alpha value is -2.82. The summed E-state index contributed by atoms with van der Waals surface area (Å²) < 4.78 is 5.49. The molecular formula is C23H27NO4. The number of hydrogen-bond acceptors (Lipinski definition) is 3. The molecule has 148 valence electrons. The number of aliphatic carboxylic acids is 1. The number of carbonyl (C=O) groups is 2. The second-order valence-electron chi connectivity index (χ2n) is 8.83. The molecule has 1 amide bonds. The van der Waals surface area contributed by atoms with Gasteiger partial charge in [0.05, 0.1) is 0 Å². The Bertz CT molecular complexity index is 854. The minimum Gasteiger partial charge on any atom is -0.480 e. The zero-order chi connectivity index (χ0) is 20.5. The smallest absolute Gasteiger partial charge is 0.408 e. The summed E-state index contributed by atoms with van der Waals surface area (Å²) in [4.78, 5) is 24.2. The van der Waals surface area contributed by atoms with Crippen molar-refractivity contribution in [2.45, 2.75) is 45.6 Å². The van der Waals surface area contributed by atoms with Gasteiger partial charge in [-0.1, -0.05) is 69.3 Å². The zero-order valence-electron chi connectivity index (χ0n) is 16.8. The van der Waals surface area contributed by atoms with Crippen molar-refractivity contribution in [1.29, 1.82) is 0 Å². The molecule has 3 rings (SSSR count). The highest BCUT2D eigenvalue weighted by atomic mass is 16.5. The van der Waals surface area contributed by atoms with Gasteiger partial charge in [0.2, 0.25) is 0 Å². The van der Waals surface area contributed by atoms with E-state index < -0.39 is 17.6 Å². The van der Waals surface area contributed by atoms with Crippen LogP contribution in [0.1, 0.15) is 51.2 Å². The quantitative estimate of drug-likeness (QED) is 0.780. The van der Waals surface area contributed by atoms with Crippen LogP contribution in [-0.2, 0) is 9.53 Å². The van der Waals surface area contributed by atoms with Gasteiger partial charge in [0.15, 0.2) is 0 Å². The lowest BCUT2D eigenvalue weighted by Gasteiger charge is -2.32. The van der Waals surface area contributed by atoms with E-state index in [4.69, 9.17) is 4.74 Å². The van der Waals surface area contributed by atoms with Crippen LogP contribution in [0, 0.1) is 5.41 Å². The summed E-state index contributed by atoms with van der Waals surface area (Å²) in [7, 11) is 0. The van der Waals surface area contributed by atoms with Crippen LogP contribution in [0.15, 0.2) is 48.5 Å². The second kappa shape index (κ2) is 7.30. The first-order chi connectivity index (χ1) is 13.1. The molecular weight excluding hydrogens is 354 g/mol. The number of alkyl carbamates (subject to hydrolysis) is 1. The highest BCUT2D eigenvalue weighted by molar-refractivity contribution is 5.84. The normalized spacial score (nSPS) is 15.3. The maximum absolute atomic E-state index is 12.4. The first-order valence-electron chi connectivity index (χ1n) is 9.47. The Morgan fingerprint density at radius 2 is 1.46 bits per heavy atom. The van der Waals surface area contributed by atoms with Gasteiger partial charge in [-0.2, -0.15) is 0 Å². The van der Waals surface area contributed by atoms with E-state index in [-0.39, 0.29) is 17.9 Å². The fraction of sp³-hybridized carbons (Fsp3) is 0.391. The largest absolute Gasteiger partial charge is 0.480 e. The molecule has 2 aromatic rings. The van der Waals surface area contributed by atoms with Crippen LogP contribution in [0.4, 0.5) is 4.79 Å². The third-order valence-electron chi connectivity index (χ3n) is 5.08. The standard InChI is InChI=1S/C23H27NO4/c1-22(2,3)14-23(4,20(25)26)24-21(27)28-13-19-17-11-7-5-9-15(17)16-10-6-8-12-18(16)19/h5-12,19H,13-14H2,1-4H3,(H,24,27)(H,25,26)/t23-/m0/s1. The van der Waals surface area contributed by atoms with Crippen LogP contribution >= 0.6 is 0 Å². The maximum atomic E-state index is 12.4. The van der Waals surface area contributed by atoms with Crippen LogP contribution in [0.25, 0.3) is 11.1 Å². The van der Waals surface area contributed by atoms with Crippen LogP contribution < -0.4 is 5.32 Å². The Kier molecular flexibility index (Phi) is 5.20. The Morgan fingerprint density at radius 3 is 1.93 bits per heavy atom. The topological polar surface area (TPSA) is 75.6 Å². The van der Waals surface area contributed by atoms with Gasteiger partial charge in [0.25, 0.3) is 0 Å². The summed E-state index contributed by atoms with van der Waals surface area (Å²) in [6.45, 7) is 7.49. The first-order valence-corrected chi connectivity index (χ1v) is 9.47. The predicted octanol–water partition coefficient (Wildman–Crippen LogP) is 4.80. The van der Waals surface area contributed by atoms with Crippen molar-refractivity contribution in [2.24, 2.45) is 5.41 Å². The molecule has 0 saturated carbocycles. The first kappa shape index (κ1) is 19.9. The summed E-state index contributed by atoms with van der Waals surface area (Å²) in [6, 6.07) is 16.2. The molecule has 1 aliphatic carbocycles. The average molecular weight is 381 g/mol. The van der Waals surface area contributed by atoms with Gasteiger partial charge in [-0.05, 0) is 41.0 Å². The molecule has 0 radical (unpaired) electrons. The van der Waals surface area contributed by atoms with Gasteiger partial charge in [-0.15, -0.1) is 0 Å². The third-order valence-corrected chi connectivity index (χ3v) is 5.08. The fourth-order valence-electron chi connectivity index (χ4n) is 4.09. The van der Waals surface area contributed by atoms with E-state index >= 15 is 0 Å². The Morgan fingerprint density at radius 1 is 0.964 bits per heavy atom. The molecule has 0 heterocycles. The van der Waals surface area contributed by atoms with E-state index in [1.807, 2.05) is 57.2 Å².